The third kappa shape index (κ3) is 3.17. The molecule has 2 N–H and O–H groups in total. The standard InChI is InChI=1S/C12H9N5O3/c13-5-8-1-3-9(4-2-8)14-11(18)7-17-6-10(12(19)20)15-16-17/h1-4,6H,7H2,(H,14,18)(H,19,20). The van der Waals surface area contributed by atoms with E-state index in [9.17, 15) is 9.59 Å². The van der Waals surface area contributed by atoms with Crippen molar-refractivity contribution in [3.8, 4) is 6.07 Å². The van der Waals surface area contributed by atoms with Crippen LogP contribution >= 0.6 is 0 Å². The van der Waals surface area contributed by atoms with Crippen LogP contribution in [0.15, 0.2) is 30.5 Å². The van der Waals surface area contributed by atoms with Gasteiger partial charge in [0.15, 0.2) is 5.69 Å². The van der Waals surface area contributed by atoms with E-state index in [1.165, 1.54) is 6.20 Å². The molecule has 0 unspecified atom stereocenters. The molecule has 0 aliphatic rings. The van der Waals surface area contributed by atoms with Gasteiger partial charge in [-0.3, -0.25) is 4.79 Å². The highest BCUT2D eigenvalue weighted by Gasteiger charge is 2.10. The van der Waals surface area contributed by atoms with Crippen molar-refractivity contribution in [2.24, 2.45) is 0 Å². The largest absolute Gasteiger partial charge is 0.476 e. The van der Waals surface area contributed by atoms with E-state index in [-0.39, 0.29) is 18.1 Å². The first-order chi connectivity index (χ1) is 9.58. The van der Waals surface area contributed by atoms with Crippen molar-refractivity contribution in [1.82, 2.24) is 15.0 Å². The van der Waals surface area contributed by atoms with Crippen molar-refractivity contribution in [2.75, 3.05) is 5.32 Å². The molecule has 2 aromatic rings. The zero-order valence-corrected chi connectivity index (χ0v) is 10.1. The van der Waals surface area contributed by atoms with Crippen LogP contribution in [0.5, 0.6) is 0 Å². The second-order valence-electron chi connectivity index (χ2n) is 3.84. The normalized spacial score (nSPS) is 9.75. The smallest absolute Gasteiger partial charge is 0.358 e. The summed E-state index contributed by atoms with van der Waals surface area (Å²) in [5.41, 5.74) is 0.800. The second-order valence-corrected chi connectivity index (χ2v) is 3.84. The lowest BCUT2D eigenvalue weighted by molar-refractivity contribution is -0.116. The number of carbonyl (C=O) groups excluding carboxylic acids is 1. The number of nitrogens with zero attached hydrogens (tertiary/aromatic N) is 4. The predicted octanol–water partition coefficient (Wildman–Crippen LogP) is 0.487. The Hall–Kier alpha value is -3.21. The molecule has 0 aliphatic carbocycles. The van der Waals surface area contributed by atoms with E-state index in [2.05, 4.69) is 15.6 Å². The average Bonchev–Trinajstić information content (AvgIpc) is 2.88. The number of nitrogens with one attached hydrogen (secondary N) is 1. The summed E-state index contributed by atoms with van der Waals surface area (Å²) in [4.78, 5) is 22.3. The lowest BCUT2D eigenvalue weighted by atomic mass is 10.2. The van der Waals surface area contributed by atoms with Gasteiger partial charge in [0.25, 0.3) is 0 Å². The van der Waals surface area contributed by atoms with Gasteiger partial charge in [0.1, 0.15) is 6.54 Å². The predicted molar refractivity (Wildman–Crippen MR) is 66.8 cm³/mol. The average molecular weight is 271 g/mol. The number of carboxylic acid groups (broad SMARTS) is 1. The number of aromatic carboxylic acids is 1. The number of carboxylic acids is 1. The summed E-state index contributed by atoms with van der Waals surface area (Å²) in [6.45, 7) is -0.152. The minimum atomic E-state index is -1.20. The van der Waals surface area contributed by atoms with E-state index < -0.39 is 5.97 Å². The van der Waals surface area contributed by atoms with Gasteiger partial charge in [-0.15, -0.1) is 5.10 Å². The number of amides is 1. The number of carbonyl (C=O) groups is 2. The lowest BCUT2D eigenvalue weighted by Crippen LogP contribution is -2.19. The highest BCUT2D eigenvalue weighted by molar-refractivity contribution is 5.90. The van der Waals surface area contributed by atoms with E-state index in [1.54, 1.807) is 24.3 Å². The maximum Gasteiger partial charge on any atom is 0.358 e. The van der Waals surface area contributed by atoms with E-state index in [0.29, 0.717) is 11.3 Å². The summed E-state index contributed by atoms with van der Waals surface area (Å²) in [7, 11) is 0. The topological polar surface area (TPSA) is 121 Å². The molecule has 8 nitrogen and oxygen atoms in total. The first-order valence-corrected chi connectivity index (χ1v) is 5.52. The number of nitriles is 1. The molecule has 0 saturated heterocycles. The Kier molecular flexibility index (Phi) is 3.72. The SMILES string of the molecule is N#Cc1ccc(NC(=O)Cn2cc(C(=O)O)nn2)cc1. The molecule has 2 rings (SSSR count). The second kappa shape index (κ2) is 5.62. The molecule has 1 aromatic heterocycles. The molecule has 1 aromatic carbocycles. The van der Waals surface area contributed by atoms with Crippen LogP contribution in [-0.2, 0) is 11.3 Å². The van der Waals surface area contributed by atoms with Crippen LogP contribution in [0, 0.1) is 11.3 Å². The van der Waals surface area contributed by atoms with Gasteiger partial charge in [0, 0.05) is 5.69 Å². The first-order valence-electron chi connectivity index (χ1n) is 5.52. The molecule has 0 atom stereocenters. The van der Waals surface area contributed by atoms with Crippen molar-refractivity contribution >= 4 is 17.6 Å². The molecule has 0 aliphatic heterocycles. The lowest BCUT2D eigenvalue weighted by Gasteiger charge is -2.04. The Morgan fingerprint density at radius 1 is 1.35 bits per heavy atom. The van der Waals surface area contributed by atoms with Gasteiger partial charge in [-0.1, -0.05) is 5.21 Å². The zero-order chi connectivity index (χ0) is 14.5. The Labute approximate surface area is 113 Å². The van der Waals surface area contributed by atoms with Gasteiger partial charge in [-0.05, 0) is 24.3 Å². The fourth-order valence-electron chi connectivity index (χ4n) is 1.45. The van der Waals surface area contributed by atoms with Crippen molar-refractivity contribution in [2.45, 2.75) is 6.54 Å². The Bertz CT molecular complexity index is 684. The number of hydrogen-bond acceptors (Lipinski definition) is 5. The third-order valence-electron chi connectivity index (χ3n) is 2.36. The van der Waals surface area contributed by atoms with Crippen molar-refractivity contribution in [3.05, 3.63) is 41.7 Å². The monoisotopic (exact) mass is 271 g/mol. The molecule has 1 heterocycles. The fourth-order valence-corrected chi connectivity index (χ4v) is 1.45. The minimum absolute atomic E-state index is 0.152. The van der Waals surface area contributed by atoms with Crippen molar-refractivity contribution in [1.29, 1.82) is 5.26 Å². The number of aromatic nitrogens is 3. The maximum atomic E-state index is 11.7. The van der Waals surface area contributed by atoms with Crippen LogP contribution in [0.3, 0.4) is 0 Å². The first kappa shape index (κ1) is 13.2. The highest BCUT2D eigenvalue weighted by atomic mass is 16.4. The van der Waals surface area contributed by atoms with Crippen LogP contribution in [0.2, 0.25) is 0 Å². The van der Waals surface area contributed by atoms with E-state index in [4.69, 9.17) is 10.4 Å². The number of anilines is 1. The minimum Gasteiger partial charge on any atom is -0.476 e. The fraction of sp³-hybridized carbons (Fsp3) is 0.0833. The summed E-state index contributed by atoms with van der Waals surface area (Å²) in [6, 6.07) is 8.32. The summed E-state index contributed by atoms with van der Waals surface area (Å²) in [6.07, 6.45) is 1.17. The quantitative estimate of drug-likeness (QED) is 0.834. The van der Waals surface area contributed by atoms with Crippen LogP contribution in [0.1, 0.15) is 16.1 Å². The molecule has 0 radical (unpaired) electrons. The van der Waals surface area contributed by atoms with Gasteiger partial charge in [0.2, 0.25) is 5.91 Å². The number of hydrogen-bond donors (Lipinski definition) is 2. The summed E-state index contributed by atoms with van der Waals surface area (Å²) in [5, 5.41) is 26.8. The van der Waals surface area contributed by atoms with Crippen LogP contribution in [0.25, 0.3) is 0 Å². The number of benzene rings is 1. The molecule has 20 heavy (non-hydrogen) atoms. The van der Waals surface area contributed by atoms with E-state index in [1.807, 2.05) is 6.07 Å². The Morgan fingerprint density at radius 2 is 2.05 bits per heavy atom. The van der Waals surface area contributed by atoms with Crippen LogP contribution in [-0.4, -0.2) is 32.0 Å². The number of rotatable bonds is 4. The maximum absolute atomic E-state index is 11.7. The van der Waals surface area contributed by atoms with Gasteiger partial charge < -0.3 is 10.4 Å². The molecular weight excluding hydrogens is 262 g/mol. The Balaban J connectivity index is 1.97. The molecule has 0 spiro atoms. The molecule has 0 bridgehead atoms. The molecule has 8 heteroatoms. The van der Waals surface area contributed by atoms with Crippen LogP contribution in [0.4, 0.5) is 5.69 Å². The van der Waals surface area contributed by atoms with E-state index in [0.717, 1.165) is 4.68 Å². The van der Waals surface area contributed by atoms with Gasteiger partial charge in [-0.2, -0.15) is 5.26 Å². The molecule has 1 amide bonds. The van der Waals surface area contributed by atoms with E-state index >= 15 is 0 Å². The van der Waals surface area contributed by atoms with Gasteiger partial charge >= 0.3 is 5.97 Å². The van der Waals surface area contributed by atoms with Crippen LogP contribution < -0.4 is 5.32 Å². The third-order valence-corrected chi connectivity index (χ3v) is 2.36. The summed E-state index contributed by atoms with van der Waals surface area (Å²) < 4.78 is 1.13. The van der Waals surface area contributed by atoms with Crippen molar-refractivity contribution in [3.63, 3.8) is 0 Å². The molecule has 0 saturated carbocycles. The molecule has 0 fully saturated rings. The molecule has 100 valence electrons. The zero-order valence-electron chi connectivity index (χ0n) is 10.1. The van der Waals surface area contributed by atoms with Crippen molar-refractivity contribution < 1.29 is 14.7 Å². The van der Waals surface area contributed by atoms with Gasteiger partial charge in [0.05, 0.1) is 17.8 Å². The molecular formula is C12H9N5O3. The van der Waals surface area contributed by atoms with Gasteiger partial charge in [-0.25, -0.2) is 9.48 Å². The summed E-state index contributed by atoms with van der Waals surface area (Å²) in [5.74, 6) is -1.58. The summed E-state index contributed by atoms with van der Waals surface area (Å²) >= 11 is 0. The highest BCUT2D eigenvalue weighted by Crippen LogP contribution is 2.08. The Morgan fingerprint density at radius 3 is 2.60 bits per heavy atom.